The molecule has 1 fully saturated rings. The lowest BCUT2D eigenvalue weighted by Crippen LogP contribution is -2.68. The van der Waals surface area contributed by atoms with Gasteiger partial charge in [0.2, 0.25) is 11.6 Å². The first-order valence-corrected chi connectivity index (χ1v) is 34.6. The number of aromatic nitrogens is 4. The van der Waals surface area contributed by atoms with E-state index in [2.05, 4.69) is 103 Å². The lowest BCUT2D eigenvalue weighted by molar-refractivity contribution is -0.136. The number of hydrogen-bond acceptors (Lipinski definition) is 9. The van der Waals surface area contributed by atoms with E-state index in [1.807, 2.05) is 60.7 Å². The minimum Gasteiger partial charge on any atom is -0.361 e. The van der Waals surface area contributed by atoms with Crippen molar-refractivity contribution in [3.05, 3.63) is 146 Å². The summed E-state index contributed by atoms with van der Waals surface area (Å²) in [6.07, 6.45) is 5.46. The Kier molecular flexibility index (Phi) is 14.0. The van der Waals surface area contributed by atoms with Gasteiger partial charge in [-0.3, -0.25) is 28.6 Å². The number of guanidine groups is 1. The maximum Gasteiger partial charge on any atom is 0.289 e. The Bertz CT molecular complexity index is 3300. The molecule has 5 aromatic rings. The van der Waals surface area contributed by atoms with Crippen molar-refractivity contribution in [3.8, 4) is 0 Å². The average Bonchev–Trinajstić information content (AvgIpc) is 3.85. The Balaban J connectivity index is 1.13. The van der Waals surface area contributed by atoms with Gasteiger partial charge in [-0.05, 0) is 122 Å². The van der Waals surface area contributed by atoms with Crippen LogP contribution in [0.15, 0.2) is 106 Å². The van der Waals surface area contributed by atoms with E-state index in [0.717, 1.165) is 34.3 Å². The Morgan fingerprint density at radius 2 is 1.25 bits per heavy atom. The fourth-order valence-corrected chi connectivity index (χ4v) is 13.1. The molecule has 0 radical (unpaired) electrons. The molecule has 72 heavy (non-hydrogen) atoms. The number of hydrogen-bond donors (Lipinski definition) is 0. The first-order valence-electron chi connectivity index (χ1n) is 24.0. The smallest absolute Gasteiger partial charge is 0.289 e. The number of halogens is 4. The highest BCUT2D eigenvalue weighted by Crippen LogP contribution is 2.44. The number of carbonyl (C=O) groups is 3. The first-order chi connectivity index (χ1) is 34.3. The van der Waals surface area contributed by atoms with Gasteiger partial charge in [0.1, 0.15) is 39.4 Å². The van der Waals surface area contributed by atoms with Gasteiger partial charge in [0, 0.05) is 35.3 Å². The molecule has 3 amide bonds. The van der Waals surface area contributed by atoms with Gasteiger partial charge < -0.3 is 18.6 Å². The highest BCUT2D eigenvalue weighted by Gasteiger charge is 2.63. The molecule has 0 bridgehead atoms. The van der Waals surface area contributed by atoms with Crippen LogP contribution >= 0.6 is 63.7 Å². The van der Waals surface area contributed by atoms with Crippen LogP contribution in [-0.4, -0.2) is 105 Å². The number of amides is 3. The number of aliphatic imine (C=N–C) groups is 1. The standard InChI is InChI=1S/C50H56Br4N10O6Si2/c1-71(2,3)20-18-69-30-59-39(23-37(51)42(59)53)45(66)61-17-11-16-50(47(68)58-28-35-15-10-8-13-33(35)26-56-49(58)64(50)61)36-22-41-44(65)57-27-34-14-9-7-12-32(34)25-55-48(57)63(41)62(29-36)46(67)40-24-38(52)43(54)60(40)31-70-19-21-72(4,5)6/h7-16,22-24,36H,17-21,25-31H2,1-6H3. The summed E-state index contributed by atoms with van der Waals surface area (Å²) in [7, 11) is -2.84. The van der Waals surface area contributed by atoms with Gasteiger partial charge in [0.05, 0.1) is 48.2 Å². The maximum absolute atomic E-state index is 16.0. The van der Waals surface area contributed by atoms with Crippen LogP contribution in [0, 0.1) is 5.92 Å². The summed E-state index contributed by atoms with van der Waals surface area (Å²) in [6, 6.07) is 21.1. The molecule has 3 aromatic heterocycles. The zero-order valence-corrected chi connectivity index (χ0v) is 49.3. The molecule has 2 aromatic carbocycles. The molecular formula is C50H56Br4N10O6Si2. The minimum absolute atomic E-state index is 0.0859. The van der Waals surface area contributed by atoms with E-state index in [1.54, 1.807) is 51.5 Å². The third kappa shape index (κ3) is 9.18. The minimum atomic E-state index is -1.69. The largest absolute Gasteiger partial charge is 0.361 e. The summed E-state index contributed by atoms with van der Waals surface area (Å²) < 4.78 is 21.8. The summed E-state index contributed by atoms with van der Waals surface area (Å²) in [6.45, 7) is 15.9. The normalized spacial score (nSPS) is 19.3. The summed E-state index contributed by atoms with van der Waals surface area (Å²) >= 11 is 14.7. The molecule has 0 saturated carbocycles. The van der Waals surface area contributed by atoms with Crippen molar-refractivity contribution in [1.29, 1.82) is 0 Å². The second kappa shape index (κ2) is 19.7. The SMILES string of the molecule is C[Si](C)(C)CCOCn1c(C(=O)N2CC=CC3(C4C=c5c(=O)n6c(n5N(C(=O)c5cc(Br)c(Br)n5COCC[Si](C)(C)C)C4)=NCc4ccccc4C6)C(=O)N4Cc5ccccc5CN=C4N23)cc(Br)c1Br. The van der Waals surface area contributed by atoms with Crippen molar-refractivity contribution in [1.82, 2.24) is 33.3 Å². The highest BCUT2D eigenvalue weighted by molar-refractivity contribution is 9.13. The quantitative estimate of drug-likeness (QED) is 0.0663. The summed E-state index contributed by atoms with van der Waals surface area (Å²) in [4.78, 5) is 74.3. The average molecular weight is 1270 g/mol. The van der Waals surface area contributed by atoms with Crippen molar-refractivity contribution >= 4 is 110 Å². The topological polar surface area (TPSA) is 144 Å². The molecule has 2 atom stereocenters. The van der Waals surface area contributed by atoms with Gasteiger partial charge in [-0.25, -0.2) is 29.7 Å². The molecule has 16 nitrogen and oxygen atoms in total. The van der Waals surface area contributed by atoms with E-state index >= 15 is 19.2 Å². The summed E-state index contributed by atoms with van der Waals surface area (Å²) in [5.74, 6) is -1.83. The molecule has 0 aliphatic carbocycles. The number of benzene rings is 2. The number of ether oxygens (including phenoxy) is 2. The van der Waals surface area contributed by atoms with Crippen molar-refractivity contribution in [2.24, 2.45) is 15.9 Å². The Morgan fingerprint density at radius 1 is 0.722 bits per heavy atom. The van der Waals surface area contributed by atoms with Crippen LogP contribution < -0.4 is 21.5 Å². The third-order valence-electron chi connectivity index (χ3n) is 13.9. The van der Waals surface area contributed by atoms with E-state index in [9.17, 15) is 0 Å². The molecule has 378 valence electrons. The van der Waals surface area contributed by atoms with Gasteiger partial charge >= 0.3 is 0 Å². The van der Waals surface area contributed by atoms with Crippen LogP contribution in [0.25, 0.3) is 6.08 Å². The fraction of sp³-hybridized carbons (Fsp3) is 0.400. The number of hydrazine groups is 1. The Hall–Kier alpha value is -4.43. The first kappa shape index (κ1) is 51.1. The van der Waals surface area contributed by atoms with Crippen LogP contribution in [-0.2, 0) is 53.9 Å². The maximum atomic E-state index is 16.0. The number of nitrogens with zero attached hydrogens (tertiary/aromatic N) is 10. The predicted octanol–water partition coefficient (Wildman–Crippen LogP) is 7.88. The molecule has 8 heterocycles. The van der Waals surface area contributed by atoms with Crippen LogP contribution in [0.2, 0.25) is 51.4 Å². The van der Waals surface area contributed by atoms with E-state index in [-0.39, 0.29) is 75.2 Å². The summed E-state index contributed by atoms with van der Waals surface area (Å²) in [5, 5.41) is 5.00. The van der Waals surface area contributed by atoms with Gasteiger partial charge in [-0.2, -0.15) is 0 Å². The van der Waals surface area contributed by atoms with E-state index in [0.29, 0.717) is 48.6 Å². The number of fused-ring (bicyclic) bond motifs is 8. The van der Waals surface area contributed by atoms with Crippen LogP contribution in [0.5, 0.6) is 0 Å². The molecular weight excluding hydrogens is 1210 g/mol. The van der Waals surface area contributed by atoms with Gasteiger partial charge in [0.25, 0.3) is 23.3 Å². The molecule has 0 spiro atoms. The van der Waals surface area contributed by atoms with Crippen molar-refractivity contribution in [2.45, 2.75) is 96.5 Å². The van der Waals surface area contributed by atoms with Crippen molar-refractivity contribution < 1.29 is 23.9 Å². The highest BCUT2D eigenvalue weighted by atomic mass is 79.9. The third-order valence-corrected chi connectivity index (χ3v) is 21.3. The zero-order chi connectivity index (χ0) is 51.0. The van der Waals surface area contributed by atoms with Crippen LogP contribution in [0.1, 0.15) is 43.2 Å². The van der Waals surface area contributed by atoms with E-state index in [4.69, 9.17) is 19.5 Å². The zero-order valence-electron chi connectivity index (χ0n) is 41.0. The van der Waals surface area contributed by atoms with Gasteiger partial charge in [-0.15, -0.1) is 0 Å². The van der Waals surface area contributed by atoms with Crippen LogP contribution in [0.4, 0.5) is 0 Å². The van der Waals surface area contributed by atoms with E-state index < -0.39 is 39.4 Å². The number of carbonyl (C=O) groups excluding carboxylic acids is 3. The molecule has 10 rings (SSSR count). The Morgan fingerprint density at radius 3 is 1.82 bits per heavy atom. The molecule has 2 unspecified atom stereocenters. The fourth-order valence-electron chi connectivity index (χ4n) is 9.92. The number of rotatable bonds is 13. The molecule has 1 saturated heterocycles. The number of imidazole rings is 1. The van der Waals surface area contributed by atoms with Crippen molar-refractivity contribution in [3.63, 3.8) is 0 Å². The van der Waals surface area contributed by atoms with Crippen molar-refractivity contribution in [2.75, 3.05) is 31.3 Å². The summed E-state index contributed by atoms with van der Waals surface area (Å²) in [5.41, 5.74) is 2.65. The molecule has 0 N–H and O–H groups in total. The lowest BCUT2D eigenvalue weighted by Gasteiger charge is -2.48. The monoisotopic (exact) mass is 1260 g/mol. The second-order valence-corrected chi connectivity index (χ2v) is 35.7. The molecule has 22 heteroatoms. The molecule has 5 aliphatic rings. The lowest BCUT2D eigenvalue weighted by atomic mass is 9.80. The van der Waals surface area contributed by atoms with Gasteiger partial charge in [-0.1, -0.05) is 93.9 Å². The second-order valence-electron chi connectivity index (χ2n) is 21.2. The Labute approximate surface area is 453 Å². The molecule has 5 aliphatic heterocycles. The predicted molar refractivity (Wildman–Crippen MR) is 295 cm³/mol. The van der Waals surface area contributed by atoms with Gasteiger partial charge in [0.15, 0.2) is 5.54 Å². The van der Waals surface area contributed by atoms with Crippen LogP contribution in [0.3, 0.4) is 0 Å². The van der Waals surface area contributed by atoms with E-state index in [1.165, 1.54) is 5.01 Å².